The molecule has 0 aromatic carbocycles. The second-order valence-corrected chi connectivity index (χ2v) is 7.54. The van der Waals surface area contributed by atoms with E-state index in [1.165, 1.54) is 19.3 Å². The molecule has 3 amide bonds. The molecule has 3 rings (SSSR count). The van der Waals surface area contributed by atoms with Gasteiger partial charge in [-0.15, -0.1) is 11.3 Å². The van der Waals surface area contributed by atoms with Gasteiger partial charge >= 0.3 is 6.03 Å². The zero-order valence-corrected chi connectivity index (χ0v) is 15.4. The van der Waals surface area contributed by atoms with E-state index >= 15 is 0 Å². The highest BCUT2D eigenvalue weighted by Gasteiger charge is 2.22. The molecule has 1 aliphatic carbocycles. The first-order valence-corrected chi connectivity index (χ1v) is 10.1. The standard InChI is InChI=1S/C17H27N5O2S/c23-15(6-7-18-16(24)20-14-4-2-1-3-5-14)21-9-11-22(12-10-21)17-19-8-13-25-17/h8,13-14H,1-7,9-12H2,(H2,18,20,24). The zero-order chi connectivity index (χ0) is 17.5. The molecule has 2 N–H and O–H groups in total. The van der Waals surface area contributed by atoms with Crippen LogP contribution < -0.4 is 15.5 Å². The molecule has 0 spiro atoms. The average Bonchev–Trinajstić information content (AvgIpc) is 3.17. The van der Waals surface area contributed by atoms with Crippen molar-refractivity contribution in [1.29, 1.82) is 0 Å². The molecule has 8 heteroatoms. The van der Waals surface area contributed by atoms with Gasteiger partial charge < -0.3 is 20.4 Å². The maximum atomic E-state index is 12.3. The highest BCUT2D eigenvalue weighted by molar-refractivity contribution is 7.13. The Balaban J connectivity index is 1.31. The lowest BCUT2D eigenvalue weighted by molar-refractivity contribution is -0.131. The summed E-state index contributed by atoms with van der Waals surface area (Å²) in [5.74, 6) is 0.108. The molecule has 1 aliphatic heterocycles. The van der Waals surface area contributed by atoms with E-state index in [4.69, 9.17) is 0 Å². The molecule has 1 saturated carbocycles. The molecule has 138 valence electrons. The van der Waals surface area contributed by atoms with Crippen molar-refractivity contribution >= 4 is 28.4 Å². The fourth-order valence-corrected chi connectivity index (χ4v) is 4.14. The summed E-state index contributed by atoms with van der Waals surface area (Å²) in [6.07, 6.45) is 7.94. The highest BCUT2D eigenvalue weighted by Crippen LogP contribution is 2.19. The Kier molecular flexibility index (Phi) is 6.49. The molecule has 1 saturated heterocycles. The van der Waals surface area contributed by atoms with Crippen LogP contribution in [0, 0.1) is 0 Å². The number of rotatable bonds is 5. The molecule has 2 aliphatic rings. The Morgan fingerprint density at radius 3 is 2.60 bits per heavy atom. The Hall–Kier alpha value is -1.83. The van der Waals surface area contributed by atoms with Crippen LogP contribution in [0.2, 0.25) is 0 Å². The first-order valence-electron chi connectivity index (χ1n) is 9.19. The summed E-state index contributed by atoms with van der Waals surface area (Å²) in [4.78, 5) is 32.6. The number of anilines is 1. The third kappa shape index (κ3) is 5.32. The van der Waals surface area contributed by atoms with E-state index in [2.05, 4.69) is 20.5 Å². The van der Waals surface area contributed by atoms with Gasteiger partial charge in [0.2, 0.25) is 5.91 Å². The SMILES string of the molecule is O=C(NCCC(=O)N1CCN(c2nccs2)CC1)NC1CCCCC1. The Labute approximate surface area is 152 Å². The molecule has 25 heavy (non-hydrogen) atoms. The molecule has 2 heterocycles. The fraction of sp³-hybridized carbons (Fsp3) is 0.706. The highest BCUT2D eigenvalue weighted by atomic mass is 32.1. The van der Waals surface area contributed by atoms with E-state index in [0.717, 1.165) is 31.1 Å². The van der Waals surface area contributed by atoms with Crippen LogP contribution >= 0.6 is 11.3 Å². The van der Waals surface area contributed by atoms with Gasteiger partial charge in [-0.1, -0.05) is 19.3 Å². The van der Waals surface area contributed by atoms with E-state index in [1.54, 1.807) is 11.3 Å². The quantitative estimate of drug-likeness (QED) is 0.834. The Bertz CT molecular complexity index is 551. The third-order valence-electron chi connectivity index (χ3n) is 4.89. The number of thiazole rings is 1. The Morgan fingerprint density at radius 2 is 1.92 bits per heavy atom. The Morgan fingerprint density at radius 1 is 1.16 bits per heavy atom. The minimum atomic E-state index is -0.145. The summed E-state index contributed by atoms with van der Waals surface area (Å²) in [7, 11) is 0. The van der Waals surface area contributed by atoms with E-state index in [9.17, 15) is 9.59 Å². The number of nitrogens with zero attached hydrogens (tertiary/aromatic N) is 3. The first kappa shape index (κ1) is 18.0. The van der Waals surface area contributed by atoms with Crippen molar-refractivity contribution in [3.63, 3.8) is 0 Å². The number of urea groups is 1. The summed E-state index contributed by atoms with van der Waals surface area (Å²) in [5.41, 5.74) is 0. The maximum absolute atomic E-state index is 12.3. The molecule has 7 nitrogen and oxygen atoms in total. The van der Waals surface area contributed by atoms with Crippen molar-refractivity contribution < 1.29 is 9.59 Å². The van der Waals surface area contributed by atoms with Gasteiger partial charge in [-0.05, 0) is 12.8 Å². The van der Waals surface area contributed by atoms with Gasteiger partial charge in [0.05, 0.1) is 0 Å². The smallest absolute Gasteiger partial charge is 0.315 e. The lowest BCUT2D eigenvalue weighted by Crippen LogP contribution is -2.49. The first-order chi connectivity index (χ1) is 12.2. The van der Waals surface area contributed by atoms with Crippen LogP contribution in [0.4, 0.5) is 9.93 Å². The summed E-state index contributed by atoms with van der Waals surface area (Å²) in [6.45, 7) is 3.45. The van der Waals surface area contributed by atoms with Crippen molar-refractivity contribution in [3.05, 3.63) is 11.6 Å². The topological polar surface area (TPSA) is 77.6 Å². The van der Waals surface area contributed by atoms with E-state index in [1.807, 2.05) is 16.5 Å². The van der Waals surface area contributed by atoms with Crippen molar-refractivity contribution in [1.82, 2.24) is 20.5 Å². The molecular formula is C17H27N5O2S. The lowest BCUT2D eigenvalue weighted by atomic mass is 9.96. The zero-order valence-electron chi connectivity index (χ0n) is 14.6. The number of carbonyl (C=O) groups excluding carboxylic acids is 2. The third-order valence-corrected chi connectivity index (χ3v) is 5.72. The van der Waals surface area contributed by atoms with Crippen LogP contribution in [0.1, 0.15) is 38.5 Å². The van der Waals surface area contributed by atoms with E-state index < -0.39 is 0 Å². The van der Waals surface area contributed by atoms with Crippen LogP contribution in [0.3, 0.4) is 0 Å². The number of hydrogen-bond donors (Lipinski definition) is 2. The van der Waals surface area contributed by atoms with Crippen molar-refractivity contribution in [3.8, 4) is 0 Å². The molecule has 0 unspecified atom stereocenters. The number of amides is 3. The van der Waals surface area contributed by atoms with Gasteiger partial charge in [-0.3, -0.25) is 4.79 Å². The molecule has 1 aromatic heterocycles. The van der Waals surface area contributed by atoms with Crippen LogP contribution in [0.25, 0.3) is 0 Å². The van der Waals surface area contributed by atoms with Crippen molar-refractivity contribution in [2.75, 3.05) is 37.6 Å². The minimum absolute atomic E-state index is 0.108. The number of aromatic nitrogens is 1. The van der Waals surface area contributed by atoms with Crippen molar-refractivity contribution in [2.24, 2.45) is 0 Å². The predicted octanol–water partition coefficient (Wildman–Crippen LogP) is 1.81. The maximum Gasteiger partial charge on any atom is 0.315 e. The van der Waals surface area contributed by atoms with Gasteiger partial charge in [0.25, 0.3) is 0 Å². The van der Waals surface area contributed by atoms with Gasteiger partial charge in [-0.2, -0.15) is 0 Å². The average molecular weight is 366 g/mol. The molecule has 0 bridgehead atoms. The normalized spacial score (nSPS) is 18.9. The molecular weight excluding hydrogens is 338 g/mol. The molecule has 1 aromatic rings. The predicted molar refractivity (Wildman–Crippen MR) is 98.9 cm³/mol. The minimum Gasteiger partial charge on any atom is -0.345 e. The van der Waals surface area contributed by atoms with Gasteiger partial charge in [0.15, 0.2) is 5.13 Å². The second-order valence-electron chi connectivity index (χ2n) is 6.67. The summed E-state index contributed by atoms with van der Waals surface area (Å²) in [5, 5.41) is 8.81. The van der Waals surface area contributed by atoms with Gasteiger partial charge in [0.1, 0.15) is 0 Å². The van der Waals surface area contributed by atoms with Gasteiger partial charge in [0, 0.05) is 56.8 Å². The van der Waals surface area contributed by atoms with E-state index in [-0.39, 0.29) is 11.9 Å². The number of carbonyl (C=O) groups is 2. The summed E-state index contributed by atoms with van der Waals surface area (Å²) >= 11 is 1.63. The summed E-state index contributed by atoms with van der Waals surface area (Å²) < 4.78 is 0. The number of nitrogens with one attached hydrogen (secondary N) is 2. The summed E-state index contributed by atoms with van der Waals surface area (Å²) in [6, 6.07) is 0.150. The van der Waals surface area contributed by atoms with Crippen LogP contribution in [0.15, 0.2) is 11.6 Å². The largest absolute Gasteiger partial charge is 0.345 e. The van der Waals surface area contributed by atoms with E-state index in [0.29, 0.717) is 32.1 Å². The lowest BCUT2D eigenvalue weighted by Gasteiger charge is -2.34. The van der Waals surface area contributed by atoms with Crippen LogP contribution in [0.5, 0.6) is 0 Å². The van der Waals surface area contributed by atoms with Crippen LogP contribution in [-0.2, 0) is 4.79 Å². The number of hydrogen-bond acceptors (Lipinski definition) is 5. The van der Waals surface area contributed by atoms with Crippen LogP contribution in [-0.4, -0.2) is 60.6 Å². The second kappa shape index (κ2) is 9.03. The number of piperazine rings is 1. The molecule has 2 fully saturated rings. The fourth-order valence-electron chi connectivity index (χ4n) is 3.44. The van der Waals surface area contributed by atoms with Gasteiger partial charge in [-0.25, -0.2) is 9.78 Å². The monoisotopic (exact) mass is 365 g/mol. The molecule has 0 atom stereocenters. The molecule has 0 radical (unpaired) electrons. The van der Waals surface area contributed by atoms with Crippen molar-refractivity contribution in [2.45, 2.75) is 44.6 Å².